The maximum absolute atomic E-state index is 12.8. The van der Waals surface area contributed by atoms with Gasteiger partial charge in [-0.05, 0) is 24.3 Å². The first kappa shape index (κ1) is 16.2. The van der Waals surface area contributed by atoms with Crippen molar-refractivity contribution in [2.75, 3.05) is 38.6 Å². The van der Waals surface area contributed by atoms with Gasteiger partial charge in [-0.1, -0.05) is 11.8 Å². The van der Waals surface area contributed by atoms with Gasteiger partial charge in [-0.3, -0.25) is 0 Å². The van der Waals surface area contributed by atoms with Gasteiger partial charge in [-0.15, -0.1) is 10.2 Å². The number of rotatable bonds is 7. The van der Waals surface area contributed by atoms with E-state index in [-0.39, 0.29) is 12.4 Å². The Hall–Kier alpha value is -1.64. The van der Waals surface area contributed by atoms with E-state index in [9.17, 15) is 4.39 Å². The number of nitrogens with zero attached hydrogens (tertiary/aromatic N) is 2. The molecule has 1 aromatic heterocycles. The lowest BCUT2D eigenvalue weighted by molar-refractivity contribution is -0.905. The van der Waals surface area contributed by atoms with Crippen LogP contribution in [0.4, 0.5) is 4.39 Å². The Labute approximate surface area is 138 Å². The molecule has 2 heterocycles. The number of quaternary nitrogens is 1. The van der Waals surface area contributed by atoms with E-state index in [1.807, 2.05) is 0 Å². The molecule has 0 aliphatic carbocycles. The summed E-state index contributed by atoms with van der Waals surface area (Å²) in [5.41, 5.74) is 0. The summed E-state index contributed by atoms with van der Waals surface area (Å²) in [7, 11) is 0. The molecular weight excluding hydrogens is 321 g/mol. The van der Waals surface area contributed by atoms with Crippen LogP contribution in [-0.4, -0.2) is 48.8 Å². The number of hydrogen-bond acceptors (Lipinski definition) is 6. The maximum atomic E-state index is 12.8. The summed E-state index contributed by atoms with van der Waals surface area (Å²) in [6.07, 6.45) is 0. The molecule has 1 fully saturated rings. The van der Waals surface area contributed by atoms with Crippen molar-refractivity contribution in [1.82, 2.24) is 10.2 Å². The van der Waals surface area contributed by atoms with Crippen LogP contribution in [0.25, 0.3) is 0 Å². The second-order valence-electron chi connectivity index (χ2n) is 5.17. The summed E-state index contributed by atoms with van der Waals surface area (Å²) in [6.45, 7) is 5.02. The van der Waals surface area contributed by atoms with Gasteiger partial charge in [-0.25, -0.2) is 4.39 Å². The fourth-order valence-electron chi connectivity index (χ4n) is 2.22. The van der Waals surface area contributed by atoms with E-state index in [1.54, 1.807) is 28.8 Å². The first-order valence-electron chi connectivity index (χ1n) is 7.54. The van der Waals surface area contributed by atoms with E-state index in [2.05, 4.69) is 10.2 Å². The average molecular weight is 340 g/mol. The van der Waals surface area contributed by atoms with Gasteiger partial charge in [0.1, 0.15) is 24.7 Å². The van der Waals surface area contributed by atoms with Crippen molar-refractivity contribution < 1.29 is 23.2 Å². The van der Waals surface area contributed by atoms with Crippen LogP contribution in [0.15, 0.2) is 33.9 Å². The predicted molar refractivity (Wildman–Crippen MR) is 82.1 cm³/mol. The van der Waals surface area contributed by atoms with E-state index < -0.39 is 0 Å². The lowest BCUT2D eigenvalue weighted by Crippen LogP contribution is -3.14. The Bertz CT molecular complexity index is 602. The molecule has 0 unspecified atom stereocenters. The smallest absolute Gasteiger partial charge is 0.276 e. The summed E-state index contributed by atoms with van der Waals surface area (Å²) in [4.78, 5) is 1.54. The second-order valence-corrected chi connectivity index (χ2v) is 6.21. The molecule has 0 amide bonds. The summed E-state index contributed by atoms with van der Waals surface area (Å²) >= 11 is 1.55. The first-order valence-corrected chi connectivity index (χ1v) is 8.53. The molecule has 0 radical (unpaired) electrons. The standard InChI is InChI=1S/C15H18FN3O3S/c16-12-1-3-13(4-2-12)21-11-14-17-18-15(22-14)23-10-7-19-5-8-20-9-6-19/h1-4H,5-11H2/p+1. The minimum absolute atomic E-state index is 0.175. The Morgan fingerprint density at radius 3 is 2.74 bits per heavy atom. The third kappa shape index (κ3) is 5.19. The molecule has 0 spiro atoms. The van der Waals surface area contributed by atoms with Crippen molar-refractivity contribution in [1.29, 1.82) is 0 Å². The van der Waals surface area contributed by atoms with Crippen LogP contribution in [-0.2, 0) is 11.3 Å². The topological polar surface area (TPSA) is 61.8 Å². The Morgan fingerprint density at radius 1 is 1.17 bits per heavy atom. The third-order valence-corrected chi connectivity index (χ3v) is 4.33. The lowest BCUT2D eigenvalue weighted by Gasteiger charge is -2.23. The van der Waals surface area contributed by atoms with Gasteiger partial charge in [0.05, 0.1) is 25.5 Å². The molecule has 0 bridgehead atoms. The van der Waals surface area contributed by atoms with Gasteiger partial charge in [-0.2, -0.15) is 0 Å². The van der Waals surface area contributed by atoms with Gasteiger partial charge >= 0.3 is 0 Å². The molecule has 6 nitrogen and oxygen atoms in total. The van der Waals surface area contributed by atoms with Crippen LogP contribution in [0, 0.1) is 5.82 Å². The van der Waals surface area contributed by atoms with E-state index >= 15 is 0 Å². The third-order valence-electron chi connectivity index (χ3n) is 3.51. The zero-order valence-electron chi connectivity index (χ0n) is 12.7. The largest absolute Gasteiger partial charge is 0.484 e. The molecule has 3 rings (SSSR count). The number of hydrogen-bond donors (Lipinski definition) is 1. The van der Waals surface area contributed by atoms with Gasteiger partial charge in [0.15, 0.2) is 6.61 Å². The molecule has 1 saturated heterocycles. The zero-order chi connectivity index (χ0) is 15.9. The summed E-state index contributed by atoms with van der Waals surface area (Å²) in [6, 6.07) is 5.82. The Balaban J connectivity index is 1.39. The van der Waals surface area contributed by atoms with Crippen LogP contribution in [0.3, 0.4) is 0 Å². The van der Waals surface area contributed by atoms with Crippen LogP contribution in [0.2, 0.25) is 0 Å². The fraction of sp³-hybridized carbons (Fsp3) is 0.467. The number of ether oxygens (including phenoxy) is 2. The molecule has 2 aromatic rings. The van der Waals surface area contributed by atoms with Crippen molar-refractivity contribution >= 4 is 11.8 Å². The molecule has 0 atom stereocenters. The van der Waals surface area contributed by atoms with Crippen LogP contribution < -0.4 is 9.64 Å². The van der Waals surface area contributed by atoms with E-state index in [4.69, 9.17) is 13.9 Å². The SMILES string of the molecule is Fc1ccc(OCc2nnc(SCC[NH+]3CCOCC3)o2)cc1. The normalized spacial score (nSPS) is 15.7. The number of nitrogens with one attached hydrogen (secondary N) is 1. The quantitative estimate of drug-likeness (QED) is 0.752. The average Bonchev–Trinajstić information content (AvgIpc) is 3.03. The van der Waals surface area contributed by atoms with E-state index in [0.29, 0.717) is 16.9 Å². The second kappa shape index (κ2) is 8.28. The summed E-state index contributed by atoms with van der Waals surface area (Å²) < 4.78 is 29.1. The summed E-state index contributed by atoms with van der Waals surface area (Å²) in [5, 5.41) is 8.50. The molecule has 1 N–H and O–H groups in total. The highest BCUT2D eigenvalue weighted by molar-refractivity contribution is 7.99. The number of morpholine rings is 1. The van der Waals surface area contributed by atoms with Crippen molar-refractivity contribution in [3.8, 4) is 5.75 Å². The molecule has 1 aromatic carbocycles. The molecule has 0 saturated carbocycles. The van der Waals surface area contributed by atoms with Gasteiger partial charge in [0.25, 0.3) is 11.1 Å². The van der Waals surface area contributed by atoms with Crippen LogP contribution >= 0.6 is 11.8 Å². The Morgan fingerprint density at radius 2 is 1.96 bits per heavy atom. The van der Waals surface area contributed by atoms with Gasteiger partial charge in [0, 0.05) is 0 Å². The van der Waals surface area contributed by atoms with Crippen molar-refractivity contribution in [2.45, 2.75) is 11.8 Å². The molecule has 1 aliphatic heterocycles. The van der Waals surface area contributed by atoms with Gasteiger partial charge < -0.3 is 18.8 Å². The highest BCUT2D eigenvalue weighted by Crippen LogP contribution is 2.17. The highest BCUT2D eigenvalue weighted by Gasteiger charge is 2.14. The lowest BCUT2D eigenvalue weighted by atomic mass is 10.3. The van der Waals surface area contributed by atoms with Gasteiger partial charge in [0.2, 0.25) is 0 Å². The number of thioether (sulfide) groups is 1. The zero-order valence-corrected chi connectivity index (χ0v) is 13.5. The van der Waals surface area contributed by atoms with Crippen molar-refractivity contribution in [2.24, 2.45) is 0 Å². The van der Waals surface area contributed by atoms with E-state index in [0.717, 1.165) is 38.6 Å². The highest BCUT2D eigenvalue weighted by atomic mass is 32.2. The van der Waals surface area contributed by atoms with Crippen LogP contribution in [0.5, 0.6) is 5.75 Å². The van der Waals surface area contributed by atoms with E-state index in [1.165, 1.54) is 12.1 Å². The van der Waals surface area contributed by atoms with Crippen molar-refractivity contribution in [3.63, 3.8) is 0 Å². The molecular formula is C15H19FN3O3S+. The summed E-state index contributed by atoms with van der Waals surface area (Å²) in [5.74, 6) is 1.61. The monoisotopic (exact) mass is 340 g/mol. The minimum atomic E-state index is -0.295. The number of aromatic nitrogens is 2. The Kier molecular flexibility index (Phi) is 5.84. The molecule has 23 heavy (non-hydrogen) atoms. The minimum Gasteiger partial charge on any atom is -0.484 e. The maximum Gasteiger partial charge on any atom is 0.276 e. The molecule has 8 heteroatoms. The molecule has 124 valence electrons. The van der Waals surface area contributed by atoms with Crippen molar-refractivity contribution in [3.05, 3.63) is 36.0 Å². The van der Waals surface area contributed by atoms with Crippen LogP contribution in [0.1, 0.15) is 5.89 Å². The first-order chi connectivity index (χ1) is 11.3. The fourth-order valence-corrected chi connectivity index (χ4v) is 3.04. The molecule has 1 aliphatic rings. The number of benzene rings is 1. The predicted octanol–water partition coefficient (Wildman–Crippen LogP) is 0.795. The number of halogens is 1.